The molecule has 0 saturated carbocycles. The van der Waals surface area contributed by atoms with Crippen LogP contribution in [0.1, 0.15) is 22.3 Å². The maximum atomic E-state index is 5.85. The van der Waals surface area contributed by atoms with Crippen LogP contribution in [0.4, 0.5) is 5.69 Å². The molecule has 2 rings (SSSR count). The van der Waals surface area contributed by atoms with Gasteiger partial charge in [0.2, 0.25) is 0 Å². The predicted molar refractivity (Wildman–Crippen MR) is 73.6 cm³/mol. The predicted octanol–water partition coefficient (Wildman–Crippen LogP) is 3.17. The van der Waals surface area contributed by atoms with Gasteiger partial charge in [-0.25, -0.2) is 0 Å². The summed E-state index contributed by atoms with van der Waals surface area (Å²) in [6.45, 7) is 6.53. The smallest absolute Gasteiger partial charge is 0.123 e. The third-order valence-corrected chi connectivity index (χ3v) is 2.89. The van der Waals surface area contributed by atoms with Gasteiger partial charge >= 0.3 is 0 Å². The Hall–Kier alpha value is -2.03. The quantitative estimate of drug-likeness (QED) is 0.841. The van der Waals surface area contributed by atoms with Crippen molar-refractivity contribution in [2.24, 2.45) is 0 Å². The highest BCUT2D eigenvalue weighted by molar-refractivity contribution is 5.53. The van der Waals surface area contributed by atoms with Gasteiger partial charge in [0, 0.05) is 23.6 Å². The van der Waals surface area contributed by atoms with Crippen LogP contribution in [0.3, 0.4) is 0 Å². The number of ether oxygens (including phenoxy) is 1. The monoisotopic (exact) mass is 242 g/mol. The maximum absolute atomic E-state index is 5.85. The first-order chi connectivity index (χ1) is 8.56. The fraction of sp³-hybridized carbons (Fsp3) is 0.267. The molecule has 3 nitrogen and oxygen atoms in total. The van der Waals surface area contributed by atoms with Crippen molar-refractivity contribution in [1.82, 2.24) is 4.98 Å². The van der Waals surface area contributed by atoms with E-state index in [9.17, 15) is 0 Å². The molecule has 0 aliphatic carbocycles. The van der Waals surface area contributed by atoms with Crippen LogP contribution in [0.5, 0.6) is 5.75 Å². The van der Waals surface area contributed by atoms with Gasteiger partial charge in [-0.1, -0.05) is 0 Å². The molecule has 0 unspecified atom stereocenters. The second-order valence-electron chi connectivity index (χ2n) is 4.63. The molecule has 1 aromatic heterocycles. The highest BCUT2D eigenvalue weighted by atomic mass is 16.5. The van der Waals surface area contributed by atoms with Crippen molar-refractivity contribution in [3.63, 3.8) is 0 Å². The van der Waals surface area contributed by atoms with Gasteiger partial charge in [-0.3, -0.25) is 4.98 Å². The van der Waals surface area contributed by atoms with E-state index in [4.69, 9.17) is 10.5 Å². The average Bonchev–Trinajstić information content (AvgIpc) is 2.32. The molecule has 2 aromatic rings. The molecule has 1 aromatic carbocycles. The lowest BCUT2D eigenvalue weighted by atomic mass is 10.1. The Bertz CT molecular complexity index is 564. The van der Waals surface area contributed by atoms with Gasteiger partial charge < -0.3 is 10.5 Å². The summed E-state index contributed by atoms with van der Waals surface area (Å²) in [5.41, 5.74) is 11.0. The van der Waals surface area contributed by atoms with Crippen molar-refractivity contribution >= 4 is 5.69 Å². The van der Waals surface area contributed by atoms with Gasteiger partial charge in [0.15, 0.2) is 0 Å². The second-order valence-corrected chi connectivity index (χ2v) is 4.63. The number of nitrogen functional groups attached to an aromatic ring is 1. The lowest BCUT2D eigenvalue weighted by Crippen LogP contribution is -2.00. The SMILES string of the molecule is Cc1cncc(COc2cc(C)c(N)cc2C)c1. The molecule has 0 aliphatic rings. The molecule has 2 N–H and O–H groups in total. The summed E-state index contributed by atoms with van der Waals surface area (Å²) in [4.78, 5) is 4.15. The first-order valence-corrected chi connectivity index (χ1v) is 5.96. The number of pyridine rings is 1. The van der Waals surface area contributed by atoms with Gasteiger partial charge in [-0.05, 0) is 55.7 Å². The molecular weight excluding hydrogens is 224 g/mol. The van der Waals surface area contributed by atoms with Crippen LogP contribution < -0.4 is 10.5 Å². The van der Waals surface area contributed by atoms with E-state index in [-0.39, 0.29) is 0 Å². The summed E-state index contributed by atoms with van der Waals surface area (Å²) < 4.78 is 5.82. The molecule has 0 radical (unpaired) electrons. The summed E-state index contributed by atoms with van der Waals surface area (Å²) in [7, 11) is 0. The van der Waals surface area contributed by atoms with Crippen molar-refractivity contribution in [3.8, 4) is 5.75 Å². The van der Waals surface area contributed by atoms with Crippen molar-refractivity contribution in [3.05, 3.63) is 52.8 Å². The Kier molecular flexibility index (Phi) is 3.51. The van der Waals surface area contributed by atoms with E-state index in [1.165, 1.54) is 0 Å². The summed E-state index contributed by atoms with van der Waals surface area (Å²) >= 11 is 0. The van der Waals surface area contributed by atoms with E-state index < -0.39 is 0 Å². The topological polar surface area (TPSA) is 48.1 Å². The number of benzene rings is 1. The standard InChI is InChI=1S/C15H18N2O/c1-10-4-13(8-17-7-10)9-18-15-6-11(2)14(16)5-12(15)3/h4-8H,9,16H2,1-3H3. The van der Waals surface area contributed by atoms with E-state index in [1.54, 1.807) is 0 Å². The molecule has 3 heteroatoms. The zero-order valence-corrected chi connectivity index (χ0v) is 11.0. The van der Waals surface area contributed by atoms with Crippen LogP contribution in [0.25, 0.3) is 0 Å². The molecule has 0 atom stereocenters. The number of aryl methyl sites for hydroxylation is 3. The minimum Gasteiger partial charge on any atom is -0.489 e. The lowest BCUT2D eigenvalue weighted by Gasteiger charge is -2.11. The Morgan fingerprint density at radius 2 is 1.83 bits per heavy atom. The number of nitrogens with zero attached hydrogens (tertiary/aromatic N) is 1. The van der Waals surface area contributed by atoms with E-state index in [1.807, 2.05) is 45.3 Å². The zero-order chi connectivity index (χ0) is 13.1. The summed E-state index contributed by atoms with van der Waals surface area (Å²) in [5, 5.41) is 0. The first kappa shape index (κ1) is 12.4. The Balaban J connectivity index is 2.13. The third kappa shape index (κ3) is 2.80. The van der Waals surface area contributed by atoms with Crippen molar-refractivity contribution < 1.29 is 4.74 Å². The largest absolute Gasteiger partial charge is 0.489 e. The maximum Gasteiger partial charge on any atom is 0.123 e. The van der Waals surface area contributed by atoms with Crippen molar-refractivity contribution in [2.45, 2.75) is 27.4 Å². The number of hydrogen-bond acceptors (Lipinski definition) is 3. The summed E-state index contributed by atoms with van der Waals surface area (Å²) in [5.74, 6) is 0.878. The van der Waals surface area contributed by atoms with Gasteiger partial charge in [-0.15, -0.1) is 0 Å². The average molecular weight is 242 g/mol. The minimum absolute atomic E-state index is 0.527. The molecule has 1 heterocycles. The number of nitrogens with two attached hydrogens (primary N) is 1. The molecule has 0 amide bonds. The highest BCUT2D eigenvalue weighted by Gasteiger charge is 2.04. The van der Waals surface area contributed by atoms with Crippen LogP contribution >= 0.6 is 0 Å². The van der Waals surface area contributed by atoms with Crippen LogP contribution in [0.15, 0.2) is 30.6 Å². The van der Waals surface area contributed by atoms with Crippen molar-refractivity contribution in [2.75, 3.05) is 5.73 Å². The normalized spacial score (nSPS) is 10.4. The Labute approximate surface area is 108 Å². The van der Waals surface area contributed by atoms with E-state index in [0.29, 0.717) is 6.61 Å². The van der Waals surface area contributed by atoms with Crippen LogP contribution in [0, 0.1) is 20.8 Å². The molecule has 0 aliphatic heterocycles. The summed E-state index contributed by atoms with van der Waals surface area (Å²) in [6.07, 6.45) is 3.66. The Morgan fingerprint density at radius 1 is 1.06 bits per heavy atom. The van der Waals surface area contributed by atoms with Crippen LogP contribution in [-0.2, 0) is 6.61 Å². The lowest BCUT2D eigenvalue weighted by molar-refractivity contribution is 0.303. The molecule has 0 bridgehead atoms. The fourth-order valence-electron chi connectivity index (χ4n) is 1.83. The van der Waals surface area contributed by atoms with Crippen LogP contribution in [0.2, 0.25) is 0 Å². The van der Waals surface area contributed by atoms with Gasteiger partial charge in [0.05, 0.1) is 0 Å². The molecule has 18 heavy (non-hydrogen) atoms. The second kappa shape index (κ2) is 5.08. The Morgan fingerprint density at radius 3 is 2.56 bits per heavy atom. The van der Waals surface area contributed by atoms with E-state index in [2.05, 4.69) is 11.1 Å². The summed E-state index contributed by atoms with van der Waals surface area (Å²) in [6, 6.07) is 6.00. The number of aromatic nitrogens is 1. The van der Waals surface area contributed by atoms with Crippen molar-refractivity contribution in [1.29, 1.82) is 0 Å². The third-order valence-electron chi connectivity index (χ3n) is 2.89. The zero-order valence-electron chi connectivity index (χ0n) is 11.0. The molecular formula is C15H18N2O. The fourth-order valence-corrected chi connectivity index (χ4v) is 1.83. The van der Waals surface area contributed by atoms with E-state index in [0.717, 1.165) is 33.7 Å². The first-order valence-electron chi connectivity index (χ1n) is 5.96. The van der Waals surface area contributed by atoms with Gasteiger partial charge in [0.1, 0.15) is 12.4 Å². The van der Waals surface area contributed by atoms with Gasteiger partial charge in [-0.2, -0.15) is 0 Å². The molecule has 0 spiro atoms. The minimum atomic E-state index is 0.527. The number of rotatable bonds is 3. The van der Waals surface area contributed by atoms with E-state index >= 15 is 0 Å². The van der Waals surface area contributed by atoms with Gasteiger partial charge in [0.25, 0.3) is 0 Å². The number of hydrogen-bond donors (Lipinski definition) is 1. The molecule has 0 fully saturated rings. The molecule has 94 valence electrons. The van der Waals surface area contributed by atoms with Crippen LogP contribution in [-0.4, -0.2) is 4.98 Å². The molecule has 0 saturated heterocycles. The highest BCUT2D eigenvalue weighted by Crippen LogP contribution is 2.24. The number of anilines is 1.